The highest BCUT2D eigenvalue weighted by Gasteiger charge is 2.29. The molecule has 2 aromatic heterocycles. The molecule has 1 atom stereocenters. The standard InChI is InChI=1S/C21H19N5O3/c1-12-16(11-23-19(24-12)14-5-4-8-22-10-14)20(27)25-15-6-7-18-17(9-15)26(3)21(28)13(2)29-18/h4-11,13H,1-3H3,(H,25,27). The van der Waals surface area contributed by atoms with Crippen LogP contribution in [0.25, 0.3) is 11.4 Å². The predicted octanol–water partition coefficient (Wildman–Crippen LogP) is 2.84. The van der Waals surface area contributed by atoms with Crippen LogP contribution in [0.3, 0.4) is 0 Å². The number of amides is 2. The van der Waals surface area contributed by atoms with Crippen molar-refractivity contribution in [3.8, 4) is 17.1 Å². The average Bonchev–Trinajstić information content (AvgIpc) is 2.73. The molecule has 1 N–H and O–H groups in total. The molecule has 0 fully saturated rings. The molecule has 1 aliphatic rings. The van der Waals surface area contributed by atoms with E-state index in [1.807, 2.05) is 6.07 Å². The number of pyridine rings is 1. The van der Waals surface area contributed by atoms with Gasteiger partial charge in [0.1, 0.15) is 5.75 Å². The van der Waals surface area contributed by atoms with Crippen LogP contribution in [-0.2, 0) is 4.79 Å². The molecule has 0 saturated carbocycles. The maximum absolute atomic E-state index is 12.7. The van der Waals surface area contributed by atoms with Gasteiger partial charge in [-0.3, -0.25) is 14.6 Å². The summed E-state index contributed by atoms with van der Waals surface area (Å²) >= 11 is 0. The molecule has 3 heterocycles. The Morgan fingerprint density at radius 3 is 2.79 bits per heavy atom. The fourth-order valence-corrected chi connectivity index (χ4v) is 3.11. The van der Waals surface area contributed by atoms with Crippen LogP contribution in [0.5, 0.6) is 5.75 Å². The lowest BCUT2D eigenvalue weighted by atomic mass is 10.1. The van der Waals surface area contributed by atoms with Crippen molar-refractivity contribution in [2.75, 3.05) is 17.3 Å². The van der Waals surface area contributed by atoms with Crippen molar-refractivity contribution in [1.29, 1.82) is 0 Å². The van der Waals surface area contributed by atoms with Crippen LogP contribution in [0.1, 0.15) is 23.0 Å². The molecule has 2 amide bonds. The van der Waals surface area contributed by atoms with Crippen LogP contribution in [0.4, 0.5) is 11.4 Å². The first-order valence-electron chi connectivity index (χ1n) is 9.07. The van der Waals surface area contributed by atoms with E-state index in [1.54, 1.807) is 57.6 Å². The van der Waals surface area contributed by atoms with Gasteiger partial charge in [0, 0.05) is 36.9 Å². The Bertz CT molecular complexity index is 1100. The van der Waals surface area contributed by atoms with Crippen molar-refractivity contribution in [2.45, 2.75) is 20.0 Å². The number of likely N-dealkylation sites (N-methyl/N-ethyl adjacent to an activating group) is 1. The number of aryl methyl sites for hydroxylation is 1. The van der Waals surface area contributed by atoms with Crippen molar-refractivity contribution in [3.05, 3.63) is 60.2 Å². The number of nitrogens with zero attached hydrogens (tertiary/aromatic N) is 4. The van der Waals surface area contributed by atoms with Crippen LogP contribution < -0.4 is 15.0 Å². The van der Waals surface area contributed by atoms with Crippen LogP contribution in [0.15, 0.2) is 48.9 Å². The Labute approximate surface area is 167 Å². The summed E-state index contributed by atoms with van der Waals surface area (Å²) in [5, 5.41) is 2.83. The molecule has 4 rings (SSSR count). The number of aromatic nitrogens is 3. The SMILES string of the molecule is Cc1nc(-c2cccnc2)ncc1C(=O)Nc1ccc2c(c1)N(C)C(=O)C(C)O2. The Kier molecular flexibility index (Phi) is 4.67. The van der Waals surface area contributed by atoms with E-state index in [1.165, 1.54) is 11.1 Å². The smallest absolute Gasteiger partial charge is 0.267 e. The van der Waals surface area contributed by atoms with Gasteiger partial charge < -0.3 is 15.0 Å². The maximum Gasteiger partial charge on any atom is 0.267 e. The summed E-state index contributed by atoms with van der Waals surface area (Å²) in [5.41, 5.74) is 2.84. The Hall–Kier alpha value is -3.81. The monoisotopic (exact) mass is 389 g/mol. The predicted molar refractivity (Wildman–Crippen MR) is 108 cm³/mol. The second-order valence-corrected chi connectivity index (χ2v) is 6.73. The van der Waals surface area contributed by atoms with Crippen molar-refractivity contribution in [3.63, 3.8) is 0 Å². The third-order valence-electron chi connectivity index (χ3n) is 4.70. The number of anilines is 2. The van der Waals surface area contributed by atoms with Gasteiger partial charge in [0.05, 0.1) is 16.9 Å². The van der Waals surface area contributed by atoms with Gasteiger partial charge in [-0.25, -0.2) is 9.97 Å². The molecule has 0 spiro atoms. The highest BCUT2D eigenvalue weighted by Crippen LogP contribution is 2.35. The fourth-order valence-electron chi connectivity index (χ4n) is 3.11. The van der Waals surface area contributed by atoms with Gasteiger partial charge in [0.15, 0.2) is 11.9 Å². The zero-order valence-electron chi connectivity index (χ0n) is 16.2. The van der Waals surface area contributed by atoms with E-state index < -0.39 is 6.10 Å². The van der Waals surface area contributed by atoms with E-state index in [0.29, 0.717) is 34.2 Å². The van der Waals surface area contributed by atoms with E-state index in [0.717, 1.165) is 5.56 Å². The van der Waals surface area contributed by atoms with Gasteiger partial charge in [-0.05, 0) is 44.2 Å². The van der Waals surface area contributed by atoms with Gasteiger partial charge in [-0.1, -0.05) is 0 Å². The molecule has 1 aromatic carbocycles. The van der Waals surface area contributed by atoms with Gasteiger partial charge in [0.25, 0.3) is 11.8 Å². The molecule has 1 unspecified atom stereocenters. The van der Waals surface area contributed by atoms with Crippen molar-refractivity contribution >= 4 is 23.2 Å². The number of fused-ring (bicyclic) bond motifs is 1. The molecule has 29 heavy (non-hydrogen) atoms. The van der Waals surface area contributed by atoms with E-state index in [-0.39, 0.29) is 11.8 Å². The zero-order chi connectivity index (χ0) is 20.5. The summed E-state index contributed by atoms with van der Waals surface area (Å²) in [5.74, 6) is 0.626. The van der Waals surface area contributed by atoms with Crippen LogP contribution in [0, 0.1) is 6.92 Å². The molecular weight excluding hydrogens is 370 g/mol. The van der Waals surface area contributed by atoms with Crippen LogP contribution >= 0.6 is 0 Å². The number of carbonyl (C=O) groups is 2. The summed E-state index contributed by atoms with van der Waals surface area (Å²) in [6.07, 6.45) is 4.31. The Balaban J connectivity index is 1.57. The minimum absolute atomic E-state index is 0.142. The first-order chi connectivity index (χ1) is 13.9. The Morgan fingerprint density at radius 1 is 1.24 bits per heavy atom. The highest BCUT2D eigenvalue weighted by molar-refractivity contribution is 6.06. The molecule has 0 saturated heterocycles. The molecule has 146 valence electrons. The zero-order valence-corrected chi connectivity index (χ0v) is 16.2. The number of rotatable bonds is 3. The van der Waals surface area contributed by atoms with Crippen molar-refractivity contribution in [2.24, 2.45) is 0 Å². The first kappa shape index (κ1) is 18.5. The van der Waals surface area contributed by atoms with E-state index >= 15 is 0 Å². The second kappa shape index (κ2) is 7.31. The highest BCUT2D eigenvalue weighted by atomic mass is 16.5. The number of benzene rings is 1. The second-order valence-electron chi connectivity index (χ2n) is 6.73. The third kappa shape index (κ3) is 3.52. The van der Waals surface area contributed by atoms with Gasteiger partial charge in [-0.15, -0.1) is 0 Å². The number of hydrogen-bond donors (Lipinski definition) is 1. The largest absolute Gasteiger partial charge is 0.479 e. The number of nitrogens with one attached hydrogen (secondary N) is 1. The lowest BCUT2D eigenvalue weighted by Crippen LogP contribution is -2.41. The number of carbonyl (C=O) groups excluding carboxylic acids is 2. The molecule has 8 nitrogen and oxygen atoms in total. The lowest BCUT2D eigenvalue weighted by Gasteiger charge is -2.30. The van der Waals surface area contributed by atoms with E-state index in [9.17, 15) is 9.59 Å². The molecule has 0 radical (unpaired) electrons. The molecule has 8 heteroatoms. The normalized spacial score (nSPS) is 15.5. The quantitative estimate of drug-likeness (QED) is 0.740. The summed E-state index contributed by atoms with van der Waals surface area (Å²) in [4.78, 5) is 39.2. The summed E-state index contributed by atoms with van der Waals surface area (Å²) in [7, 11) is 1.68. The minimum Gasteiger partial charge on any atom is -0.479 e. The topological polar surface area (TPSA) is 97.3 Å². The van der Waals surface area contributed by atoms with Gasteiger partial charge >= 0.3 is 0 Å². The minimum atomic E-state index is -0.536. The van der Waals surface area contributed by atoms with Crippen LogP contribution in [-0.4, -0.2) is 39.9 Å². The van der Waals surface area contributed by atoms with E-state index in [4.69, 9.17) is 4.74 Å². The maximum atomic E-state index is 12.7. The molecule has 0 bridgehead atoms. The number of ether oxygens (including phenoxy) is 1. The van der Waals surface area contributed by atoms with Crippen molar-refractivity contribution in [1.82, 2.24) is 15.0 Å². The van der Waals surface area contributed by atoms with Crippen LogP contribution in [0.2, 0.25) is 0 Å². The molecule has 1 aliphatic heterocycles. The van der Waals surface area contributed by atoms with Crippen molar-refractivity contribution < 1.29 is 14.3 Å². The summed E-state index contributed by atoms with van der Waals surface area (Å²) in [6.45, 7) is 3.46. The van der Waals surface area contributed by atoms with Gasteiger partial charge in [0.2, 0.25) is 0 Å². The number of hydrogen-bond acceptors (Lipinski definition) is 6. The third-order valence-corrected chi connectivity index (χ3v) is 4.70. The summed E-state index contributed by atoms with van der Waals surface area (Å²) < 4.78 is 5.60. The summed E-state index contributed by atoms with van der Waals surface area (Å²) in [6, 6.07) is 8.83. The first-order valence-corrected chi connectivity index (χ1v) is 9.07. The fraction of sp³-hybridized carbons (Fsp3) is 0.190. The molecular formula is C21H19N5O3. The Morgan fingerprint density at radius 2 is 2.07 bits per heavy atom. The lowest BCUT2D eigenvalue weighted by molar-refractivity contribution is -0.125. The molecule has 3 aromatic rings. The average molecular weight is 389 g/mol. The molecule has 0 aliphatic carbocycles. The van der Waals surface area contributed by atoms with E-state index in [2.05, 4.69) is 20.3 Å². The van der Waals surface area contributed by atoms with Gasteiger partial charge in [-0.2, -0.15) is 0 Å².